The van der Waals surface area contributed by atoms with Crippen LogP contribution in [0.15, 0.2) is 30.3 Å². The Morgan fingerprint density at radius 1 is 1.10 bits per heavy atom. The summed E-state index contributed by atoms with van der Waals surface area (Å²) < 4.78 is 38.2. The fourth-order valence-electron chi connectivity index (χ4n) is 1.93. The van der Waals surface area contributed by atoms with Gasteiger partial charge in [0, 0.05) is 5.69 Å². The molecule has 2 aromatic rings. The molecule has 0 spiro atoms. The van der Waals surface area contributed by atoms with Crippen molar-refractivity contribution in [2.24, 2.45) is 0 Å². The number of halogens is 3. The molecule has 0 amide bonds. The van der Waals surface area contributed by atoms with Gasteiger partial charge >= 0.3 is 6.18 Å². The number of benzene rings is 1. The molecular weight excluding hydrogens is 279 g/mol. The molecule has 108 valence electrons. The lowest BCUT2D eigenvalue weighted by Crippen LogP contribution is -2.10. The van der Waals surface area contributed by atoms with E-state index in [-0.39, 0.29) is 11.4 Å². The molecule has 0 fully saturated rings. The van der Waals surface area contributed by atoms with E-state index < -0.39 is 11.9 Å². The number of hydrogen-bond donors (Lipinski definition) is 1. The zero-order valence-electron chi connectivity index (χ0n) is 11.4. The van der Waals surface area contributed by atoms with Gasteiger partial charge in [0.05, 0.1) is 5.56 Å². The van der Waals surface area contributed by atoms with Gasteiger partial charge in [0.2, 0.25) is 0 Å². The molecule has 0 aliphatic carbocycles. The highest BCUT2D eigenvalue weighted by Crippen LogP contribution is 2.31. The second-order valence-corrected chi connectivity index (χ2v) is 4.59. The zero-order chi connectivity index (χ0) is 15.6. The Balaban J connectivity index is 2.51. The molecule has 0 radical (unpaired) electrons. The van der Waals surface area contributed by atoms with Gasteiger partial charge in [0.25, 0.3) is 0 Å². The maximum absolute atomic E-state index is 12.7. The molecule has 0 bridgehead atoms. The molecule has 0 aliphatic heterocycles. The minimum absolute atomic E-state index is 0.0608. The van der Waals surface area contributed by atoms with Crippen LogP contribution < -0.4 is 5.32 Å². The highest BCUT2D eigenvalue weighted by atomic mass is 19.4. The van der Waals surface area contributed by atoms with E-state index >= 15 is 0 Å². The number of alkyl halides is 3. The van der Waals surface area contributed by atoms with E-state index in [4.69, 9.17) is 5.26 Å². The van der Waals surface area contributed by atoms with Gasteiger partial charge in [-0.15, -0.1) is 0 Å². The maximum Gasteiger partial charge on any atom is 0.433 e. The third-order valence-electron chi connectivity index (χ3n) is 3.03. The molecule has 0 saturated carbocycles. The van der Waals surface area contributed by atoms with E-state index in [1.54, 1.807) is 0 Å². The predicted octanol–water partition coefficient (Wildman–Crippen LogP) is 4.33. The fourth-order valence-corrected chi connectivity index (χ4v) is 1.93. The van der Waals surface area contributed by atoms with Gasteiger partial charge in [-0.05, 0) is 37.1 Å². The van der Waals surface area contributed by atoms with Crippen LogP contribution in [0, 0.1) is 25.2 Å². The molecule has 6 heteroatoms. The fraction of sp³-hybridized carbons (Fsp3) is 0.200. The summed E-state index contributed by atoms with van der Waals surface area (Å²) in [7, 11) is 0. The van der Waals surface area contributed by atoms with Crippen molar-refractivity contribution in [2.75, 3.05) is 5.32 Å². The maximum atomic E-state index is 12.7. The standard InChI is InChI=1S/C15H12F3N3/c1-9-4-3-5-10(2)13(9)21-14-11(8-19)6-7-12(20-14)15(16,17)18/h3-7H,1-2H3,(H,20,21). The smallest absolute Gasteiger partial charge is 0.339 e. The number of hydrogen-bond acceptors (Lipinski definition) is 3. The van der Waals surface area contributed by atoms with Crippen molar-refractivity contribution in [3.8, 4) is 6.07 Å². The minimum Gasteiger partial charge on any atom is -0.339 e. The second kappa shape index (κ2) is 5.44. The Bertz CT molecular complexity index is 695. The van der Waals surface area contributed by atoms with E-state index in [0.717, 1.165) is 23.3 Å². The van der Waals surface area contributed by atoms with Crippen LogP contribution in [0.2, 0.25) is 0 Å². The topological polar surface area (TPSA) is 48.7 Å². The highest BCUT2D eigenvalue weighted by molar-refractivity contribution is 5.68. The molecule has 0 unspecified atom stereocenters. The van der Waals surface area contributed by atoms with E-state index in [2.05, 4.69) is 10.3 Å². The summed E-state index contributed by atoms with van der Waals surface area (Å²) in [6, 6.07) is 9.26. The lowest BCUT2D eigenvalue weighted by Gasteiger charge is -2.14. The molecular formula is C15H12F3N3. The summed E-state index contributed by atoms with van der Waals surface area (Å²) in [4.78, 5) is 3.53. The first kappa shape index (κ1) is 14.9. The summed E-state index contributed by atoms with van der Waals surface area (Å²) in [5.41, 5.74) is 1.40. The van der Waals surface area contributed by atoms with Gasteiger partial charge in [-0.2, -0.15) is 18.4 Å². The summed E-state index contributed by atoms with van der Waals surface area (Å²) in [6.45, 7) is 3.66. The van der Waals surface area contributed by atoms with Crippen LogP contribution in [0.5, 0.6) is 0 Å². The normalized spacial score (nSPS) is 11.0. The highest BCUT2D eigenvalue weighted by Gasteiger charge is 2.33. The molecule has 1 aromatic carbocycles. The van der Waals surface area contributed by atoms with Crippen molar-refractivity contribution in [3.63, 3.8) is 0 Å². The molecule has 1 aromatic heterocycles. The Hall–Kier alpha value is -2.55. The second-order valence-electron chi connectivity index (χ2n) is 4.59. The van der Waals surface area contributed by atoms with Crippen molar-refractivity contribution in [1.29, 1.82) is 5.26 Å². The van der Waals surface area contributed by atoms with E-state index in [9.17, 15) is 13.2 Å². The Kier molecular flexibility index (Phi) is 3.85. The average molecular weight is 291 g/mol. The number of nitrogens with zero attached hydrogens (tertiary/aromatic N) is 2. The minimum atomic E-state index is -4.55. The monoisotopic (exact) mass is 291 g/mol. The van der Waals surface area contributed by atoms with Crippen LogP contribution in [0.3, 0.4) is 0 Å². The number of rotatable bonds is 2. The van der Waals surface area contributed by atoms with Gasteiger partial charge in [0.1, 0.15) is 17.6 Å². The largest absolute Gasteiger partial charge is 0.433 e. The Morgan fingerprint density at radius 2 is 1.71 bits per heavy atom. The van der Waals surface area contributed by atoms with Crippen molar-refractivity contribution >= 4 is 11.5 Å². The van der Waals surface area contributed by atoms with Crippen LogP contribution in [0.25, 0.3) is 0 Å². The number of aryl methyl sites for hydroxylation is 2. The first-order valence-corrected chi connectivity index (χ1v) is 6.14. The van der Waals surface area contributed by atoms with Crippen LogP contribution in [0.1, 0.15) is 22.4 Å². The molecule has 0 aliphatic rings. The molecule has 0 atom stereocenters. The first-order valence-electron chi connectivity index (χ1n) is 6.14. The third kappa shape index (κ3) is 3.14. The first-order chi connectivity index (χ1) is 9.82. The summed E-state index contributed by atoms with van der Waals surface area (Å²) in [6.07, 6.45) is -4.55. The summed E-state index contributed by atoms with van der Waals surface area (Å²) >= 11 is 0. The van der Waals surface area contributed by atoms with Gasteiger partial charge < -0.3 is 5.32 Å². The summed E-state index contributed by atoms with van der Waals surface area (Å²) in [5.74, 6) is -0.0928. The van der Waals surface area contributed by atoms with Crippen LogP contribution >= 0.6 is 0 Å². The zero-order valence-corrected chi connectivity index (χ0v) is 11.4. The number of aromatic nitrogens is 1. The van der Waals surface area contributed by atoms with Gasteiger partial charge in [-0.1, -0.05) is 18.2 Å². The van der Waals surface area contributed by atoms with Crippen molar-refractivity contribution in [3.05, 3.63) is 52.7 Å². The lowest BCUT2D eigenvalue weighted by atomic mass is 10.1. The number of pyridine rings is 1. The quantitative estimate of drug-likeness (QED) is 0.895. The number of anilines is 2. The SMILES string of the molecule is Cc1cccc(C)c1Nc1nc(C(F)(F)F)ccc1C#N. The van der Waals surface area contributed by atoms with Gasteiger partial charge in [-0.3, -0.25) is 0 Å². The molecule has 2 rings (SSSR count). The predicted molar refractivity (Wildman–Crippen MR) is 73.2 cm³/mol. The van der Waals surface area contributed by atoms with Crippen LogP contribution in [-0.2, 0) is 6.18 Å². The van der Waals surface area contributed by atoms with Gasteiger partial charge in [-0.25, -0.2) is 4.98 Å². The van der Waals surface area contributed by atoms with Gasteiger partial charge in [0.15, 0.2) is 0 Å². The number of nitrogens with one attached hydrogen (secondary N) is 1. The third-order valence-corrected chi connectivity index (χ3v) is 3.03. The van der Waals surface area contributed by atoms with E-state index in [0.29, 0.717) is 5.69 Å². The van der Waals surface area contributed by atoms with Crippen LogP contribution in [0.4, 0.5) is 24.7 Å². The van der Waals surface area contributed by atoms with Crippen molar-refractivity contribution < 1.29 is 13.2 Å². The number of nitriles is 1. The van der Waals surface area contributed by atoms with Crippen molar-refractivity contribution in [2.45, 2.75) is 20.0 Å². The number of para-hydroxylation sites is 1. The Morgan fingerprint density at radius 3 is 2.24 bits per heavy atom. The molecule has 1 N–H and O–H groups in total. The molecule has 3 nitrogen and oxygen atoms in total. The van der Waals surface area contributed by atoms with E-state index in [1.165, 1.54) is 0 Å². The Labute approximate surface area is 120 Å². The molecule has 1 heterocycles. The molecule has 0 saturated heterocycles. The molecule has 21 heavy (non-hydrogen) atoms. The summed E-state index contributed by atoms with van der Waals surface area (Å²) in [5, 5.41) is 11.9. The average Bonchev–Trinajstić information content (AvgIpc) is 2.42. The van der Waals surface area contributed by atoms with E-state index in [1.807, 2.05) is 38.1 Å². The lowest BCUT2D eigenvalue weighted by molar-refractivity contribution is -0.141. The van der Waals surface area contributed by atoms with Crippen LogP contribution in [-0.4, -0.2) is 4.98 Å². The van der Waals surface area contributed by atoms with Crippen molar-refractivity contribution in [1.82, 2.24) is 4.98 Å².